The SMILES string of the molecule is C=C(C(=O)OC(OCCC(F)(F)C(F)(F)S(=O)(=O)[O-])(C(=O)N(C(C)C)C(C)C)C(F)(F)F)C(F)(F)F. The molecule has 0 rings (SSSR count). The van der Waals surface area contributed by atoms with E-state index in [1.54, 1.807) is 0 Å². The summed E-state index contributed by atoms with van der Waals surface area (Å²) in [5, 5.41) is -6.36. The van der Waals surface area contributed by atoms with Crippen molar-refractivity contribution >= 4 is 22.0 Å². The summed E-state index contributed by atoms with van der Waals surface area (Å²) in [7, 11) is -7.06. The molecule has 0 aliphatic heterocycles. The third-order valence-electron chi connectivity index (χ3n) is 4.29. The van der Waals surface area contributed by atoms with Crippen LogP contribution in [0.2, 0.25) is 0 Å². The summed E-state index contributed by atoms with van der Waals surface area (Å²) in [6, 6.07) is -2.41. The third kappa shape index (κ3) is 6.99. The van der Waals surface area contributed by atoms with Crippen molar-refractivity contribution in [3.63, 3.8) is 0 Å². The summed E-state index contributed by atoms with van der Waals surface area (Å²) in [6.07, 6.45) is -14.7. The summed E-state index contributed by atoms with van der Waals surface area (Å²) >= 11 is 0. The van der Waals surface area contributed by atoms with Crippen LogP contribution in [0.4, 0.5) is 43.9 Å². The van der Waals surface area contributed by atoms with Gasteiger partial charge in [0.2, 0.25) is 0 Å². The van der Waals surface area contributed by atoms with Crippen LogP contribution in [0.1, 0.15) is 34.1 Å². The molecular formula is C17H20F10NO7S-. The van der Waals surface area contributed by atoms with Gasteiger partial charge in [-0.3, -0.25) is 4.79 Å². The third-order valence-corrected chi connectivity index (χ3v) is 5.21. The lowest BCUT2D eigenvalue weighted by Crippen LogP contribution is -2.65. The molecule has 0 bridgehead atoms. The van der Waals surface area contributed by atoms with Gasteiger partial charge in [0.1, 0.15) is 5.57 Å². The van der Waals surface area contributed by atoms with E-state index in [9.17, 15) is 66.5 Å². The molecule has 1 unspecified atom stereocenters. The average molecular weight is 572 g/mol. The molecule has 1 amide bonds. The minimum absolute atomic E-state index is 0.270. The van der Waals surface area contributed by atoms with Crippen molar-refractivity contribution in [3.8, 4) is 0 Å². The lowest BCUT2D eigenvalue weighted by atomic mass is 10.1. The Morgan fingerprint density at radius 1 is 0.917 bits per heavy atom. The van der Waals surface area contributed by atoms with Gasteiger partial charge in [-0.15, -0.1) is 0 Å². The number of nitrogens with zero attached hydrogens (tertiary/aromatic N) is 1. The molecule has 0 aromatic heterocycles. The number of rotatable bonds is 11. The molecule has 212 valence electrons. The first-order chi connectivity index (χ1) is 15.7. The van der Waals surface area contributed by atoms with E-state index in [0.717, 1.165) is 27.7 Å². The molecule has 0 heterocycles. The van der Waals surface area contributed by atoms with Crippen molar-refractivity contribution in [1.29, 1.82) is 0 Å². The van der Waals surface area contributed by atoms with Gasteiger partial charge >= 0.3 is 41.2 Å². The molecule has 0 radical (unpaired) electrons. The van der Waals surface area contributed by atoms with Gasteiger partial charge in [-0.2, -0.15) is 43.9 Å². The largest absolute Gasteiger partial charge is 0.743 e. The number of ether oxygens (including phenoxy) is 2. The Morgan fingerprint density at radius 2 is 1.33 bits per heavy atom. The molecule has 0 aromatic carbocycles. The molecule has 0 N–H and O–H groups in total. The Hall–Kier alpha value is -2.15. The highest BCUT2D eigenvalue weighted by Gasteiger charge is 2.69. The number of halogens is 10. The summed E-state index contributed by atoms with van der Waals surface area (Å²) in [4.78, 5) is 24.9. The van der Waals surface area contributed by atoms with Crippen LogP contribution in [0.25, 0.3) is 0 Å². The minimum atomic E-state index is -7.06. The number of hydrogen-bond acceptors (Lipinski definition) is 7. The van der Waals surface area contributed by atoms with Crippen LogP contribution in [-0.2, 0) is 29.2 Å². The van der Waals surface area contributed by atoms with Crippen LogP contribution >= 0.6 is 0 Å². The highest BCUT2D eigenvalue weighted by molar-refractivity contribution is 7.86. The zero-order valence-electron chi connectivity index (χ0n) is 18.8. The van der Waals surface area contributed by atoms with E-state index in [0.29, 0.717) is 0 Å². The number of carbonyl (C=O) groups excluding carboxylic acids is 2. The molecule has 19 heteroatoms. The van der Waals surface area contributed by atoms with E-state index in [-0.39, 0.29) is 4.90 Å². The predicted molar refractivity (Wildman–Crippen MR) is 97.4 cm³/mol. The van der Waals surface area contributed by atoms with E-state index in [1.165, 1.54) is 0 Å². The predicted octanol–water partition coefficient (Wildman–Crippen LogP) is 3.73. The molecule has 0 aliphatic rings. The molecular weight excluding hydrogens is 552 g/mol. The lowest BCUT2D eigenvalue weighted by molar-refractivity contribution is -0.354. The van der Waals surface area contributed by atoms with Gasteiger partial charge in [0, 0.05) is 18.5 Å². The first kappa shape index (κ1) is 33.8. The van der Waals surface area contributed by atoms with Gasteiger partial charge in [0.05, 0.1) is 6.61 Å². The van der Waals surface area contributed by atoms with Gasteiger partial charge in [0.15, 0.2) is 10.1 Å². The van der Waals surface area contributed by atoms with E-state index >= 15 is 0 Å². The van der Waals surface area contributed by atoms with E-state index in [2.05, 4.69) is 16.1 Å². The Morgan fingerprint density at radius 3 is 1.64 bits per heavy atom. The summed E-state index contributed by atoms with van der Waals surface area (Å²) < 4.78 is 173. The summed E-state index contributed by atoms with van der Waals surface area (Å²) in [5.41, 5.74) is -2.58. The first-order valence-electron chi connectivity index (χ1n) is 9.41. The van der Waals surface area contributed by atoms with Crippen molar-refractivity contribution in [2.45, 2.75) is 75.5 Å². The normalized spacial score (nSPS) is 15.6. The van der Waals surface area contributed by atoms with E-state index in [4.69, 9.17) is 0 Å². The lowest BCUT2D eigenvalue weighted by Gasteiger charge is -2.40. The van der Waals surface area contributed by atoms with Crippen molar-refractivity contribution in [2.75, 3.05) is 6.61 Å². The molecule has 0 saturated carbocycles. The van der Waals surface area contributed by atoms with Gasteiger partial charge in [0.25, 0.3) is 0 Å². The van der Waals surface area contributed by atoms with Crippen LogP contribution in [0, 0.1) is 0 Å². The van der Waals surface area contributed by atoms with E-state index in [1.807, 2.05) is 0 Å². The van der Waals surface area contributed by atoms with Gasteiger partial charge < -0.3 is 18.9 Å². The smallest absolute Gasteiger partial charge is 0.466 e. The fourth-order valence-corrected chi connectivity index (χ4v) is 3.06. The molecule has 8 nitrogen and oxygen atoms in total. The van der Waals surface area contributed by atoms with Gasteiger partial charge in [-0.25, -0.2) is 13.2 Å². The molecule has 0 spiro atoms. The highest BCUT2D eigenvalue weighted by Crippen LogP contribution is 2.43. The van der Waals surface area contributed by atoms with Crippen LogP contribution in [0.3, 0.4) is 0 Å². The molecule has 0 saturated heterocycles. The number of hydrogen-bond donors (Lipinski definition) is 0. The first-order valence-corrected chi connectivity index (χ1v) is 10.8. The van der Waals surface area contributed by atoms with Crippen LogP contribution in [0.5, 0.6) is 0 Å². The second-order valence-electron chi connectivity index (χ2n) is 7.65. The topological polar surface area (TPSA) is 113 Å². The molecule has 1 atom stereocenters. The fraction of sp³-hybridized carbons (Fsp3) is 0.765. The summed E-state index contributed by atoms with van der Waals surface area (Å²) in [5.74, 6) is -16.4. The van der Waals surface area contributed by atoms with E-state index < -0.39 is 82.0 Å². The maximum atomic E-state index is 14.0. The maximum Gasteiger partial charge on any atom is 0.466 e. The Labute approximate surface area is 197 Å². The number of esters is 1. The monoisotopic (exact) mass is 572 g/mol. The zero-order chi connectivity index (χ0) is 29.3. The Balaban J connectivity index is 6.69. The van der Waals surface area contributed by atoms with Gasteiger partial charge in [-0.05, 0) is 27.7 Å². The number of amides is 1. The van der Waals surface area contributed by atoms with Crippen molar-refractivity contribution in [2.24, 2.45) is 0 Å². The second kappa shape index (κ2) is 10.7. The van der Waals surface area contributed by atoms with Crippen molar-refractivity contribution in [3.05, 3.63) is 12.2 Å². The van der Waals surface area contributed by atoms with Gasteiger partial charge in [-0.1, -0.05) is 6.58 Å². The molecule has 36 heavy (non-hydrogen) atoms. The second-order valence-corrected chi connectivity index (χ2v) is 9.07. The zero-order valence-corrected chi connectivity index (χ0v) is 19.6. The highest BCUT2D eigenvalue weighted by atomic mass is 32.2. The fourth-order valence-electron chi connectivity index (χ4n) is 2.59. The summed E-state index contributed by atoms with van der Waals surface area (Å²) in [6.45, 7) is 4.22. The number of carbonyl (C=O) groups is 2. The molecule has 0 fully saturated rings. The minimum Gasteiger partial charge on any atom is -0.743 e. The Kier molecular flexibility index (Phi) is 10.0. The van der Waals surface area contributed by atoms with Crippen molar-refractivity contribution < 1.29 is 75.9 Å². The van der Waals surface area contributed by atoms with Crippen molar-refractivity contribution in [1.82, 2.24) is 4.90 Å². The maximum absolute atomic E-state index is 14.0. The quantitative estimate of drug-likeness (QED) is 0.122. The van der Waals surface area contributed by atoms with Crippen LogP contribution in [0.15, 0.2) is 12.2 Å². The Bertz CT molecular complexity index is 936. The molecule has 0 aliphatic carbocycles. The molecule has 0 aromatic rings. The van der Waals surface area contributed by atoms with Crippen LogP contribution < -0.4 is 0 Å². The van der Waals surface area contributed by atoms with Crippen LogP contribution in [-0.4, -0.2) is 77.8 Å². The average Bonchev–Trinajstić information content (AvgIpc) is 2.62. The number of alkyl halides is 10. The standard InChI is InChI=1S/C17H21F10NO7S/c1-8(2)28(9(3)4)12(30)14(16(23,24)25,35-11(29)10(5)15(20,21)22)34-7-6-13(18,19)17(26,27)36(31,32)33/h8-9H,5-7H2,1-4H3,(H,31,32,33)/p-1.